The lowest BCUT2D eigenvalue weighted by Gasteiger charge is -2.33. The van der Waals surface area contributed by atoms with Gasteiger partial charge in [-0.15, -0.1) is 0 Å². The Morgan fingerprint density at radius 1 is 1.19 bits per heavy atom. The third kappa shape index (κ3) is 4.93. The van der Waals surface area contributed by atoms with Gasteiger partial charge in [0.25, 0.3) is 0 Å². The Balaban J connectivity index is 1.28. The summed E-state index contributed by atoms with van der Waals surface area (Å²) in [5, 5.41) is 3.12. The molecule has 0 aromatic heterocycles. The number of piperidine rings is 1. The van der Waals surface area contributed by atoms with E-state index in [1.807, 2.05) is 18.2 Å². The summed E-state index contributed by atoms with van der Waals surface area (Å²) in [5.41, 5.74) is 2.20. The van der Waals surface area contributed by atoms with Crippen LogP contribution in [0.2, 0.25) is 0 Å². The first-order valence-corrected chi connectivity index (χ1v) is 11.2. The molecule has 2 aliphatic heterocycles. The first-order chi connectivity index (χ1) is 15.4. The molecular formula is C25H30FN3O3. The molecule has 2 amide bonds. The van der Waals surface area contributed by atoms with Gasteiger partial charge in [-0.3, -0.25) is 14.5 Å². The third-order valence-corrected chi connectivity index (χ3v) is 6.41. The second-order valence-electron chi connectivity index (χ2n) is 8.73. The van der Waals surface area contributed by atoms with Gasteiger partial charge in [-0.1, -0.05) is 24.3 Å². The van der Waals surface area contributed by atoms with Gasteiger partial charge < -0.3 is 15.0 Å². The molecular weight excluding hydrogens is 409 g/mol. The molecule has 2 aliphatic rings. The van der Waals surface area contributed by atoms with Crippen molar-refractivity contribution < 1.29 is 18.7 Å². The predicted octanol–water partition coefficient (Wildman–Crippen LogP) is 3.28. The normalized spacial score (nSPS) is 19.9. The van der Waals surface area contributed by atoms with Crippen LogP contribution in [0.1, 0.15) is 30.4 Å². The van der Waals surface area contributed by atoms with Gasteiger partial charge in [0.2, 0.25) is 11.8 Å². The maximum Gasteiger partial charge on any atom is 0.227 e. The number of anilines is 1. The van der Waals surface area contributed by atoms with Crippen molar-refractivity contribution in [2.24, 2.45) is 5.92 Å². The van der Waals surface area contributed by atoms with Crippen LogP contribution in [0.5, 0.6) is 5.75 Å². The largest absolute Gasteiger partial charge is 0.496 e. The Morgan fingerprint density at radius 3 is 2.66 bits per heavy atom. The average Bonchev–Trinajstić information content (AvgIpc) is 3.17. The lowest BCUT2D eigenvalue weighted by Crippen LogP contribution is -2.46. The molecule has 1 atom stereocenters. The molecule has 7 heteroatoms. The number of ether oxygens (including phenoxy) is 1. The Bertz CT molecular complexity index is 988. The van der Waals surface area contributed by atoms with E-state index in [1.165, 1.54) is 11.0 Å². The molecule has 32 heavy (non-hydrogen) atoms. The monoisotopic (exact) mass is 439 g/mol. The quantitative estimate of drug-likeness (QED) is 0.751. The van der Waals surface area contributed by atoms with E-state index in [0.717, 1.165) is 49.4 Å². The molecule has 1 N–H and O–H groups in total. The number of nitrogens with zero attached hydrogens (tertiary/aromatic N) is 2. The zero-order valence-corrected chi connectivity index (χ0v) is 18.6. The van der Waals surface area contributed by atoms with E-state index in [1.54, 1.807) is 26.2 Å². The number of carbonyl (C=O) groups excluding carboxylic acids is 2. The summed E-state index contributed by atoms with van der Waals surface area (Å²) in [4.78, 5) is 29.0. The summed E-state index contributed by atoms with van der Waals surface area (Å²) in [6, 6.07) is 12.9. The van der Waals surface area contributed by atoms with E-state index in [-0.39, 0.29) is 36.5 Å². The lowest BCUT2D eigenvalue weighted by atomic mass is 10.0. The second kappa shape index (κ2) is 9.69. The van der Waals surface area contributed by atoms with Crippen LogP contribution in [0.3, 0.4) is 0 Å². The number of para-hydroxylation sites is 1. The van der Waals surface area contributed by atoms with Crippen LogP contribution in [0.4, 0.5) is 10.1 Å². The zero-order valence-electron chi connectivity index (χ0n) is 18.6. The SMILES string of the molecule is COc1ccccc1CN1CCC(NC(=O)C2CC(=O)N(c3ccc(C)cc3F)C2)CC1. The molecule has 0 spiro atoms. The number of amides is 2. The summed E-state index contributed by atoms with van der Waals surface area (Å²) in [6.45, 7) is 4.60. The van der Waals surface area contributed by atoms with Gasteiger partial charge in [-0.25, -0.2) is 4.39 Å². The molecule has 2 fully saturated rings. The predicted molar refractivity (Wildman–Crippen MR) is 121 cm³/mol. The molecule has 2 heterocycles. The molecule has 6 nitrogen and oxygen atoms in total. The van der Waals surface area contributed by atoms with Crippen LogP contribution < -0.4 is 15.0 Å². The average molecular weight is 440 g/mol. The fourth-order valence-electron chi connectivity index (χ4n) is 4.58. The van der Waals surface area contributed by atoms with Crippen LogP contribution in [0.15, 0.2) is 42.5 Å². The van der Waals surface area contributed by atoms with Crippen molar-refractivity contribution in [3.8, 4) is 5.75 Å². The lowest BCUT2D eigenvalue weighted by molar-refractivity contribution is -0.127. The standard InChI is InChI=1S/C25H30FN3O3/c1-17-7-8-22(21(26)13-17)29-16-19(14-24(29)30)25(31)27-20-9-11-28(12-10-20)15-18-5-3-4-6-23(18)32-2/h3-8,13,19-20H,9-12,14-16H2,1-2H3,(H,27,31). The molecule has 0 radical (unpaired) electrons. The van der Waals surface area contributed by atoms with E-state index >= 15 is 0 Å². The highest BCUT2D eigenvalue weighted by molar-refractivity contribution is 6.00. The van der Waals surface area contributed by atoms with Crippen molar-refractivity contribution in [2.75, 3.05) is 31.6 Å². The Morgan fingerprint density at radius 2 is 1.94 bits per heavy atom. The molecule has 0 saturated carbocycles. The Labute approximate surface area is 188 Å². The number of benzene rings is 2. The number of hydrogen-bond acceptors (Lipinski definition) is 4. The fraction of sp³-hybridized carbons (Fsp3) is 0.440. The zero-order chi connectivity index (χ0) is 22.7. The highest BCUT2D eigenvalue weighted by Crippen LogP contribution is 2.28. The smallest absolute Gasteiger partial charge is 0.227 e. The first kappa shape index (κ1) is 22.3. The van der Waals surface area contributed by atoms with Crippen molar-refractivity contribution in [1.82, 2.24) is 10.2 Å². The highest BCUT2D eigenvalue weighted by atomic mass is 19.1. The van der Waals surface area contributed by atoms with E-state index in [4.69, 9.17) is 4.74 Å². The summed E-state index contributed by atoms with van der Waals surface area (Å²) < 4.78 is 19.8. The molecule has 0 aliphatic carbocycles. The van der Waals surface area contributed by atoms with Crippen LogP contribution >= 0.6 is 0 Å². The van der Waals surface area contributed by atoms with Crippen molar-refractivity contribution in [3.63, 3.8) is 0 Å². The summed E-state index contributed by atoms with van der Waals surface area (Å²) >= 11 is 0. The van der Waals surface area contributed by atoms with Crippen LogP contribution in [-0.2, 0) is 16.1 Å². The van der Waals surface area contributed by atoms with Gasteiger partial charge in [-0.05, 0) is 43.5 Å². The molecule has 0 bridgehead atoms. The summed E-state index contributed by atoms with van der Waals surface area (Å²) in [7, 11) is 1.68. The number of carbonyl (C=O) groups is 2. The minimum atomic E-state index is -0.449. The molecule has 2 aromatic rings. The summed E-state index contributed by atoms with van der Waals surface area (Å²) in [5.74, 6) is -0.309. The van der Waals surface area contributed by atoms with Gasteiger partial charge in [0.1, 0.15) is 11.6 Å². The number of methoxy groups -OCH3 is 1. The van der Waals surface area contributed by atoms with E-state index in [2.05, 4.69) is 16.3 Å². The van der Waals surface area contributed by atoms with E-state index < -0.39 is 11.7 Å². The van der Waals surface area contributed by atoms with Gasteiger partial charge in [0.05, 0.1) is 18.7 Å². The molecule has 2 aromatic carbocycles. The van der Waals surface area contributed by atoms with Crippen molar-refractivity contribution in [2.45, 2.75) is 38.8 Å². The number of hydrogen-bond donors (Lipinski definition) is 1. The van der Waals surface area contributed by atoms with Crippen LogP contribution in [0, 0.1) is 18.7 Å². The first-order valence-electron chi connectivity index (χ1n) is 11.2. The molecule has 1 unspecified atom stereocenters. The molecule has 170 valence electrons. The molecule has 2 saturated heterocycles. The highest BCUT2D eigenvalue weighted by Gasteiger charge is 2.37. The van der Waals surface area contributed by atoms with Crippen molar-refractivity contribution >= 4 is 17.5 Å². The van der Waals surface area contributed by atoms with Gasteiger partial charge in [0.15, 0.2) is 0 Å². The maximum atomic E-state index is 14.3. The maximum absolute atomic E-state index is 14.3. The number of likely N-dealkylation sites (tertiary alicyclic amines) is 1. The minimum Gasteiger partial charge on any atom is -0.496 e. The number of halogens is 1. The summed E-state index contributed by atoms with van der Waals surface area (Å²) in [6.07, 6.45) is 1.83. The van der Waals surface area contributed by atoms with Gasteiger partial charge in [-0.2, -0.15) is 0 Å². The topological polar surface area (TPSA) is 61.9 Å². The number of aryl methyl sites for hydroxylation is 1. The van der Waals surface area contributed by atoms with Crippen molar-refractivity contribution in [1.29, 1.82) is 0 Å². The van der Waals surface area contributed by atoms with Crippen molar-refractivity contribution in [3.05, 3.63) is 59.4 Å². The van der Waals surface area contributed by atoms with Crippen LogP contribution in [0.25, 0.3) is 0 Å². The molecule has 4 rings (SSSR count). The van der Waals surface area contributed by atoms with E-state index in [9.17, 15) is 14.0 Å². The van der Waals surface area contributed by atoms with E-state index in [0.29, 0.717) is 0 Å². The number of nitrogens with one attached hydrogen (secondary N) is 1. The Kier molecular flexibility index (Phi) is 6.74. The Hall–Kier alpha value is -2.93. The second-order valence-corrected chi connectivity index (χ2v) is 8.73. The fourth-order valence-corrected chi connectivity index (χ4v) is 4.58. The van der Waals surface area contributed by atoms with Gasteiger partial charge in [0, 0.05) is 44.2 Å². The third-order valence-electron chi connectivity index (χ3n) is 6.41. The minimum absolute atomic E-state index is 0.0941. The number of rotatable bonds is 6. The van der Waals surface area contributed by atoms with Crippen LogP contribution in [-0.4, -0.2) is 49.5 Å². The van der Waals surface area contributed by atoms with Gasteiger partial charge >= 0.3 is 0 Å².